The monoisotopic (exact) mass is 304 g/mol. The molecule has 4 atom stereocenters. The number of imidazole rings is 1. The number of fused-ring (bicyclic) bond motifs is 1. The van der Waals surface area contributed by atoms with Crippen LogP contribution in [0.3, 0.4) is 0 Å². The van der Waals surface area contributed by atoms with E-state index in [2.05, 4.69) is 4.98 Å². The maximum Gasteiger partial charge on any atom is 0.140 e. The molecule has 1 aromatic carbocycles. The van der Waals surface area contributed by atoms with Crippen molar-refractivity contribution in [2.75, 3.05) is 13.2 Å². The summed E-state index contributed by atoms with van der Waals surface area (Å²) >= 11 is 0. The van der Waals surface area contributed by atoms with Gasteiger partial charge in [0.25, 0.3) is 0 Å². The second-order valence-corrected chi connectivity index (χ2v) is 5.85. The number of rotatable bonds is 2. The van der Waals surface area contributed by atoms with E-state index in [1.165, 1.54) is 12.1 Å². The van der Waals surface area contributed by atoms with Gasteiger partial charge in [-0.2, -0.15) is 0 Å². The number of hydrogen-bond acceptors (Lipinski definition) is 4. The van der Waals surface area contributed by atoms with E-state index in [4.69, 9.17) is 9.47 Å². The van der Waals surface area contributed by atoms with Gasteiger partial charge in [-0.3, -0.25) is 0 Å². The van der Waals surface area contributed by atoms with E-state index in [0.717, 1.165) is 17.0 Å². The average molecular weight is 304 g/mol. The van der Waals surface area contributed by atoms with E-state index < -0.39 is 6.10 Å². The molecule has 1 aromatic heterocycles. The predicted molar refractivity (Wildman–Crippen MR) is 76.9 cm³/mol. The molecule has 3 heterocycles. The van der Waals surface area contributed by atoms with Crippen molar-refractivity contribution in [2.24, 2.45) is 0 Å². The van der Waals surface area contributed by atoms with Crippen molar-refractivity contribution in [1.82, 2.24) is 9.55 Å². The van der Waals surface area contributed by atoms with E-state index in [0.29, 0.717) is 13.2 Å². The van der Waals surface area contributed by atoms with Gasteiger partial charge < -0.3 is 19.1 Å². The van der Waals surface area contributed by atoms with Crippen LogP contribution in [-0.2, 0) is 9.47 Å². The van der Waals surface area contributed by atoms with Gasteiger partial charge in [0.2, 0.25) is 0 Å². The van der Waals surface area contributed by atoms with Crippen LogP contribution in [0.1, 0.15) is 11.6 Å². The molecule has 0 bridgehead atoms. The number of hydrogen-bond donors (Lipinski definition) is 1. The van der Waals surface area contributed by atoms with Crippen molar-refractivity contribution < 1.29 is 19.0 Å². The van der Waals surface area contributed by atoms with Gasteiger partial charge >= 0.3 is 0 Å². The number of aromatic nitrogens is 2. The lowest BCUT2D eigenvalue weighted by atomic mass is 10.1. The minimum absolute atomic E-state index is 0.0379. The van der Waals surface area contributed by atoms with Crippen LogP contribution in [0.2, 0.25) is 0 Å². The first-order valence-corrected chi connectivity index (χ1v) is 7.36. The zero-order valence-electron chi connectivity index (χ0n) is 12.1. The molecular weight excluding hydrogens is 287 g/mol. The SMILES string of the molecule is Cc1cc(F)ccc1-c1nccn1[C@H]1CO[C@H]2[C@@H]1OC[C@H]2O. The van der Waals surface area contributed by atoms with Gasteiger partial charge in [-0.05, 0) is 30.7 Å². The van der Waals surface area contributed by atoms with E-state index in [1.54, 1.807) is 12.3 Å². The highest BCUT2D eigenvalue weighted by Gasteiger charge is 2.48. The Balaban J connectivity index is 1.72. The zero-order valence-corrected chi connectivity index (χ0v) is 12.1. The van der Waals surface area contributed by atoms with Crippen molar-refractivity contribution in [1.29, 1.82) is 0 Å². The smallest absolute Gasteiger partial charge is 0.140 e. The van der Waals surface area contributed by atoms with Crippen LogP contribution >= 0.6 is 0 Å². The third kappa shape index (κ3) is 2.06. The molecule has 0 unspecified atom stereocenters. The summed E-state index contributed by atoms with van der Waals surface area (Å²) in [5.74, 6) is 0.502. The number of aliphatic hydroxyl groups is 1. The third-order valence-corrected chi connectivity index (χ3v) is 4.46. The normalized spacial score (nSPS) is 30.7. The molecule has 0 amide bonds. The first-order chi connectivity index (χ1) is 10.6. The Morgan fingerprint density at radius 3 is 2.91 bits per heavy atom. The Bertz CT molecular complexity index is 702. The summed E-state index contributed by atoms with van der Waals surface area (Å²) in [7, 11) is 0. The lowest BCUT2D eigenvalue weighted by Crippen LogP contribution is -2.30. The average Bonchev–Trinajstić information content (AvgIpc) is 3.17. The number of benzene rings is 1. The van der Waals surface area contributed by atoms with E-state index >= 15 is 0 Å². The number of ether oxygens (including phenoxy) is 2. The summed E-state index contributed by atoms with van der Waals surface area (Å²) in [5.41, 5.74) is 1.71. The molecule has 2 saturated heterocycles. The van der Waals surface area contributed by atoms with Gasteiger partial charge in [0.05, 0.1) is 19.3 Å². The Hall–Kier alpha value is -1.76. The van der Waals surface area contributed by atoms with Gasteiger partial charge in [-0.1, -0.05) is 0 Å². The topological polar surface area (TPSA) is 56.5 Å². The summed E-state index contributed by atoms with van der Waals surface area (Å²) in [6.07, 6.45) is 2.56. The Morgan fingerprint density at radius 1 is 1.27 bits per heavy atom. The lowest BCUT2D eigenvalue weighted by Gasteiger charge is -2.20. The highest BCUT2D eigenvalue weighted by Crippen LogP contribution is 2.36. The van der Waals surface area contributed by atoms with Crippen LogP contribution in [0, 0.1) is 12.7 Å². The second kappa shape index (κ2) is 5.15. The molecule has 116 valence electrons. The fourth-order valence-corrected chi connectivity index (χ4v) is 3.36. The Morgan fingerprint density at radius 2 is 2.09 bits per heavy atom. The Kier molecular flexibility index (Phi) is 3.25. The second-order valence-electron chi connectivity index (χ2n) is 5.85. The molecule has 0 aliphatic carbocycles. The molecule has 2 aliphatic rings. The summed E-state index contributed by atoms with van der Waals surface area (Å²) in [6.45, 7) is 2.63. The van der Waals surface area contributed by atoms with Crippen molar-refractivity contribution >= 4 is 0 Å². The predicted octanol–water partition coefficient (Wildman–Crippen LogP) is 1.70. The van der Waals surface area contributed by atoms with Crippen molar-refractivity contribution in [3.63, 3.8) is 0 Å². The number of aliphatic hydroxyl groups excluding tert-OH is 1. The minimum atomic E-state index is -0.575. The van der Waals surface area contributed by atoms with Gasteiger partial charge in [-0.25, -0.2) is 9.37 Å². The fraction of sp³-hybridized carbons (Fsp3) is 0.438. The quantitative estimate of drug-likeness (QED) is 0.917. The molecule has 5 nitrogen and oxygen atoms in total. The lowest BCUT2D eigenvalue weighted by molar-refractivity contribution is 0.0172. The van der Waals surface area contributed by atoms with Crippen molar-refractivity contribution in [2.45, 2.75) is 31.3 Å². The molecule has 0 radical (unpaired) electrons. The molecule has 0 saturated carbocycles. The van der Waals surface area contributed by atoms with Crippen LogP contribution < -0.4 is 0 Å². The minimum Gasteiger partial charge on any atom is -0.388 e. The molecule has 2 fully saturated rings. The zero-order chi connectivity index (χ0) is 15.3. The maximum atomic E-state index is 13.3. The number of aryl methyl sites for hydroxylation is 1. The first-order valence-electron chi connectivity index (χ1n) is 7.36. The molecule has 1 N–H and O–H groups in total. The molecule has 6 heteroatoms. The van der Waals surface area contributed by atoms with Gasteiger partial charge in [0.15, 0.2) is 0 Å². The van der Waals surface area contributed by atoms with Crippen LogP contribution in [-0.4, -0.2) is 46.2 Å². The largest absolute Gasteiger partial charge is 0.388 e. The van der Waals surface area contributed by atoms with E-state index in [1.807, 2.05) is 17.7 Å². The van der Waals surface area contributed by atoms with Gasteiger partial charge in [0, 0.05) is 18.0 Å². The summed E-state index contributed by atoms with van der Waals surface area (Å²) < 4.78 is 26.7. The molecule has 22 heavy (non-hydrogen) atoms. The fourth-order valence-electron chi connectivity index (χ4n) is 3.36. The molecule has 0 spiro atoms. The van der Waals surface area contributed by atoms with Gasteiger partial charge in [0.1, 0.15) is 30.0 Å². The third-order valence-electron chi connectivity index (χ3n) is 4.46. The number of nitrogens with zero attached hydrogens (tertiary/aromatic N) is 2. The van der Waals surface area contributed by atoms with Crippen LogP contribution in [0.5, 0.6) is 0 Å². The molecule has 2 aromatic rings. The van der Waals surface area contributed by atoms with Crippen molar-refractivity contribution in [3.8, 4) is 11.4 Å². The first kappa shape index (κ1) is 13.9. The summed E-state index contributed by atoms with van der Waals surface area (Å²) in [5, 5.41) is 9.86. The highest BCUT2D eigenvalue weighted by atomic mass is 19.1. The number of halogens is 1. The van der Waals surface area contributed by atoms with Crippen LogP contribution in [0.25, 0.3) is 11.4 Å². The summed E-state index contributed by atoms with van der Waals surface area (Å²) in [6, 6.07) is 4.63. The molecule has 2 aliphatic heterocycles. The molecular formula is C16H17FN2O3. The van der Waals surface area contributed by atoms with Crippen LogP contribution in [0.4, 0.5) is 4.39 Å². The Labute approximate surface area is 127 Å². The molecule has 4 rings (SSSR count). The maximum absolute atomic E-state index is 13.3. The van der Waals surface area contributed by atoms with Crippen LogP contribution in [0.15, 0.2) is 30.6 Å². The highest BCUT2D eigenvalue weighted by molar-refractivity contribution is 5.60. The standard InChI is InChI=1S/C16H17FN2O3/c1-9-6-10(17)2-3-11(9)16-18-4-5-19(16)12-7-21-15-13(20)8-22-14(12)15/h2-6,12-15,20H,7-8H2,1H3/t12-,13+,14+,15+/m0/s1. The van der Waals surface area contributed by atoms with E-state index in [-0.39, 0.29) is 24.1 Å². The van der Waals surface area contributed by atoms with Crippen molar-refractivity contribution in [3.05, 3.63) is 42.0 Å². The van der Waals surface area contributed by atoms with E-state index in [9.17, 15) is 9.50 Å². The van der Waals surface area contributed by atoms with Gasteiger partial charge in [-0.15, -0.1) is 0 Å². The summed E-state index contributed by atoms with van der Waals surface area (Å²) in [4.78, 5) is 4.42.